The van der Waals surface area contributed by atoms with Crippen molar-refractivity contribution in [3.8, 4) is 11.3 Å². The van der Waals surface area contributed by atoms with E-state index < -0.39 is 5.97 Å². The third-order valence-corrected chi connectivity index (χ3v) is 3.79. The molecule has 0 aliphatic carbocycles. The predicted octanol–water partition coefficient (Wildman–Crippen LogP) is 4.08. The number of anilines is 1. The molecule has 7 heteroatoms. The van der Waals surface area contributed by atoms with Crippen molar-refractivity contribution >= 4 is 46.5 Å². The molecule has 20 heavy (non-hydrogen) atoms. The van der Waals surface area contributed by atoms with Crippen molar-refractivity contribution in [2.45, 2.75) is 0 Å². The Bertz CT molecular complexity index is 666. The lowest BCUT2D eigenvalue weighted by Gasteiger charge is -2.09. The Balaban J connectivity index is 2.51. The number of aromatic nitrogens is 1. The summed E-state index contributed by atoms with van der Waals surface area (Å²) in [6.07, 6.45) is 1.37. The van der Waals surface area contributed by atoms with Crippen LogP contribution in [0.2, 0.25) is 15.1 Å². The Morgan fingerprint density at radius 3 is 2.30 bits per heavy atom. The number of benzene rings is 1. The van der Waals surface area contributed by atoms with E-state index in [-0.39, 0.29) is 10.6 Å². The highest BCUT2D eigenvalue weighted by Gasteiger charge is 2.13. The molecule has 2 rings (SSSR count). The van der Waals surface area contributed by atoms with E-state index in [4.69, 9.17) is 40.5 Å². The van der Waals surface area contributed by atoms with Crippen LogP contribution in [0.1, 0.15) is 10.4 Å². The van der Waals surface area contributed by atoms with Gasteiger partial charge in [-0.25, -0.2) is 4.79 Å². The second-order valence-corrected chi connectivity index (χ2v) is 5.10. The zero-order chi connectivity index (χ0) is 14.9. The van der Waals surface area contributed by atoms with Gasteiger partial charge in [-0.1, -0.05) is 34.8 Å². The molecule has 0 saturated heterocycles. The van der Waals surface area contributed by atoms with Crippen molar-refractivity contribution in [2.75, 3.05) is 12.8 Å². The van der Waals surface area contributed by atoms with Crippen molar-refractivity contribution in [2.24, 2.45) is 0 Å². The summed E-state index contributed by atoms with van der Waals surface area (Å²) in [7, 11) is 1.28. The maximum Gasteiger partial charge on any atom is 0.339 e. The van der Waals surface area contributed by atoms with Gasteiger partial charge in [0.25, 0.3) is 0 Å². The van der Waals surface area contributed by atoms with Gasteiger partial charge < -0.3 is 10.5 Å². The summed E-state index contributed by atoms with van der Waals surface area (Å²) in [5.74, 6) is -0.511. The molecule has 0 radical (unpaired) electrons. The number of rotatable bonds is 2. The summed E-state index contributed by atoms with van der Waals surface area (Å²) in [6, 6.07) is 4.68. The Hall–Kier alpha value is -1.49. The zero-order valence-electron chi connectivity index (χ0n) is 10.3. The molecule has 104 valence electrons. The molecule has 0 aliphatic rings. The lowest BCUT2D eigenvalue weighted by atomic mass is 10.1. The van der Waals surface area contributed by atoms with E-state index in [0.717, 1.165) is 0 Å². The molecule has 0 bridgehead atoms. The van der Waals surface area contributed by atoms with E-state index in [1.165, 1.54) is 19.4 Å². The average molecular weight is 332 g/mol. The van der Waals surface area contributed by atoms with Gasteiger partial charge in [0.05, 0.1) is 39.1 Å². The maximum atomic E-state index is 11.4. The van der Waals surface area contributed by atoms with Gasteiger partial charge in [-0.3, -0.25) is 4.98 Å². The molecule has 1 aromatic carbocycles. The van der Waals surface area contributed by atoms with Crippen LogP contribution in [0.3, 0.4) is 0 Å². The van der Waals surface area contributed by atoms with E-state index in [1.807, 2.05) is 0 Å². The third kappa shape index (κ3) is 2.82. The Morgan fingerprint density at radius 2 is 1.80 bits per heavy atom. The monoisotopic (exact) mass is 330 g/mol. The molecule has 1 heterocycles. The first kappa shape index (κ1) is 14.9. The molecule has 0 aliphatic heterocycles. The number of pyridine rings is 1. The van der Waals surface area contributed by atoms with E-state index >= 15 is 0 Å². The number of halogens is 3. The molecular weight excluding hydrogens is 323 g/mol. The summed E-state index contributed by atoms with van der Waals surface area (Å²) in [5.41, 5.74) is 7.53. The first-order chi connectivity index (χ1) is 9.43. The van der Waals surface area contributed by atoms with Crippen LogP contribution >= 0.6 is 34.8 Å². The second kappa shape index (κ2) is 5.87. The number of nitrogen functional groups attached to an aromatic ring is 1. The third-order valence-electron chi connectivity index (χ3n) is 2.60. The number of hydrogen-bond donors (Lipinski definition) is 1. The smallest absolute Gasteiger partial charge is 0.339 e. The van der Waals surface area contributed by atoms with E-state index in [0.29, 0.717) is 27.0 Å². The van der Waals surface area contributed by atoms with Crippen LogP contribution in [-0.2, 0) is 4.74 Å². The predicted molar refractivity (Wildman–Crippen MR) is 80.5 cm³/mol. The van der Waals surface area contributed by atoms with Crippen LogP contribution in [-0.4, -0.2) is 18.1 Å². The number of methoxy groups -OCH3 is 1. The van der Waals surface area contributed by atoms with Gasteiger partial charge >= 0.3 is 5.97 Å². The summed E-state index contributed by atoms with van der Waals surface area (Å²) < 4.78 is 4.60. The van der Waals surface area contributed by atoms with E-state index in [9.17, 15) is 4.79 Å². The maximum absolute atomic E-state index is 11.4. The van der Waals surface area contributed by atoms with Crippen LogP contribution in [0, 0.1) is 0 Å². The number of ether oxygens (including phenoxy) is 1. The fourth-order valence-electron chi connectivity index (χ4n) is 1.64. The van der Waals surface area contributed by atoms with Crippen molar-refractivity contribution in [1.82, 2.24) is 4.98 Å². The quantitative estimate of drug-likeness (QED) is 0.665. The molecule has 0 unspecified atom stereocenters. The highest BCUT2D eigenvalue weighted by molar-refractivity contribution is 6.48. The molecule has 4 nitrogen and oxygen atoms in total. The van der Waals surface area contributed by atoms with Gasteiger partial charge in [-0.05, 0) is 18.2 Å². The highest BCUT2D eigenvalue weighted by atomic mass is 35.5. The summed E-state index contributed by atoms with van der Waals surface area (Å²) >= 11 is 17.8. The van der Waals surface area contributed by atoms with Crippen LogP contribution in [0.15, 0.2) is 24.4 Å². The van der Waals surface area contributed by atoms with Crippen LogP contribution in [0.25, 0.3) is 11.3 Å². The van der Waals surface area contributed by atoms with Crippen molar-refractivity contribution in [3.05, 3.63) is 45.0 Å². The van der Waals surface area contributed by atoms with Gasteiger partial charge in [-0.15, -0.1) is 0 Å². The first-order valence-corrected chi connectivity index (χ1v) is 6.56. The van der Waals surface area contributed by atoms with Gasteiger partial charge in [0.2, 0.25) is 0 Å². The number of hydrogen-bond acceptors (Lipinski definition) is 4. The number of carbonyl (C=O) groups excluding carboxylic acids is 1. The number of esters is 1. The van der Waals surface area contributed by atoms with Gasteiger partial charge in [0.1, 0.15) is 0 Å². The molecule has 2 N–H and O–H groups in total. The Kier molecular flexibility index (Phi) is 4.38. The topological polar surface area (TPSA) is 65.2 Å². The SMILES string of the molecule is COC(=O)c1cnc(-c2cc(Cl)c(Cl)c(Cl)c2)c(N)c1. The lowest BCUT2D eigenvalue weighted by molar-refractivity contribution is 0.0600. The van der Waals surface area contributed by atoms with E-state index in [1.54, 1.807) is 12.1 Å². The van der Waals surface area contributed by atoms with Crippen LogP contribution < -0.4 is 5.73 Å². The summed E-state index contributed by atoms with van der Waals surface area (Å²) in [5, 5.41) is 0.863. The molecule has 0 saturated carbocycles. The molecule has 0 atom stereocenters. The van der Waals surface area contributed by atoms with Crippen molar-refractivity contribution < 1.29 is 9.53 Å². The molecule has 2 aromatic rings. The molecule has 0 spiro atoms. The fraction of sp³-hybridized carbons (Fsp3) is 0.0769. The Labute approximate surface area is 130 Å². The van der Waals surface area contributed by atoms with Crippen LogP contribution in [0.5, 0.6) is 0 Å². The van der Waals surface area contributed by atoms with Crippen molar-refractivity contribution in [1.29, 1.82) is 0 Å². The minimum Gasteiger partial charge on any atom is -0.465 e. The molecule has 0 fully saturated rings. The molecular formula is C13H9Cl3N2O2. The number of carbonyl (C=O) groups is 1. The minimum absolute atomic E-state index is 0.264. The molecule has 1 aromatic heterocycles. The summed E-state index contributed by atoms with van der Waals surface area (Å²) in [4.78, 5) is 15.5. The molecule has 0 amide bonds. The van der Waals surface area contributed by atoms with Gasteiger partial charge in [-0.2, -0.15) is 0 Å². The highest BCUT2D eigenvalue weighted by Crippen LogP contribution is 2.36. The minimum atomic E-state index is -0.511. The lowest BCUT2D eigenvalue weighted by Crippen LogP contribution is -2.04. The van der Waals surface area contributed by atoms with E-state index in [2.05, 4.69) is 9.72 Å². The normalized spacial score (nSPS) is 10.4. The summed E-state index contributed by atoms with van der Waals surface area (Å²) in [6.45, 7) is 0. The first-order valence-electron chi connectivity index (χ1n) is 5.42. The Morgan fingerprint density at radius 1 is 1.20 bits per heavy atom. The second-order valence-electron chi connectivity index (χ2n) is 3.91. The average Bonchev–Trinajstić information content (AvgIpc) is 2.43. The fourth-order valence-corrected chi connectivity index (χ4v) is 2.24. The number of nitrogens with two attached hydrogens (primary N) is 1. The van der Waals surface area contributed by atoms with Gasteiger partial charge in [0.15, 0.2) is 0 Å². The van der Waals surface area contributed by atoms with Crippen LogP contribution in [0.4, 0.5) is 5.69 Å². The largest absolute Gasteiger partial charge is 0.465 e. The zero-order valence-corrected chi connectivity index (χ0v) is 12.6. The number of nitrogens with zero attached hydrogens (tertiary/aromatic N) is 1. The standard InChI is InChI=1S/C13H9Cl3N2O2/c1-20-13(19)7-4-10(17)12(18-5-7)6-2-8(14)11(16)9(15)3-6/h2-5H,17H2,1H3. The van der Waals surface area contributed by atoms with Gasteiger partial charge in [0, 0.05) is 11.8 Å². The van der Waals surface area contributed by atoms with Crippen molar-refractivity contribution in [3.63, 3.8) is 0 Å².